The number of aryl methyl sites for hydroxylation is 1. The second-order valence-electron chi connectivity index (χ2n) is 12.4. The molecule has 2 heterocycles. The van der Waals surface area contributed by atoms with Gasteiger partial charge in [0.25, 0.3) is 0 Å². The number of carbonyl (C=O) groups is 3. The molecule has 2 aliphatic rings. The van der Waals surface area contributed by atoms with Gasteiger partial charge >= 0.3 is 0 Å². The molecular weight excluding hydrogens is 492 g/mol. The van der Waals surface area contributed by atoms with E-state index in [2.05, 4.69) is 33.1 Å². The van der Waals surface area contributed by atoms with E-state index >= 15 is 0 Å². The summed E-state index contributed by atoms with van der Waals surface area (Å²) in [6, 6.07) is 11.1. The first-order chi connectivity index (χ1) is 18.4. The molecule has 39 heavy (non-hydrogen) atoms. The molecule has 206 valence electrons. The van der Waals surface area contributed by atoms with Crippen LogP contribution in [0.25, 0.3) is 11.0 Å². The molecule has 0 radical (unpaired) electrons. The number of hydrogen-bond acceptors (Lipinski definition) is 5. The van der Waals surface area contributed by atoms with Gasteiger partial charge in [-0.05, 0) is 69.1 Å². The summed E-state index contributed by atoms with van der Waals surface area (Å²) in [6.45, 7) is 9.76. The number of rotatable bonds is 6. The van der Waals surface area contributed by atoms with Gasteiger partial charge in [0.05, 0.1) is 5.52 Å². The van der Waals surface area contributed by atoms with Crippen molar-refractivity contribution in [3.05, 3.63) is 59.2 Å². The number of para-hydroxylation sites is 1. The molecule has 2 aromatic carbocycles. The Morgan fingerprint density at radius 1 is 1.08 bits per heavy atom. The van der Waals surface area contributed by atoms with E-state index in [0.717, 1.165) is 0 Å². The van der Waals surface area contributed by atoms with Crippen LogP contribution in [0.2, 0.25) is 0 Å². The summed E-state index contributed by atoms with van der Waals surface area (Å²) in [6.07, 6.45) is 1.85. The first kappa shape index (κ1) is 26.8. The van der Waals surface area contributed by atoms with Crippen LogP contribution in [0.4, 0.5) is 0 Å². The van der Waals surface area contributed by atoms with Gasteiger partial charge in [-0.25, -0.2) is 4.68 Å². The molecule has 1 fully saturated rings. The van der Waals surface area contributed by atoms with Crippen molar-refractivity contribution in [2.75, 3.05) is 0 Å². The number of amides is 3. The molecule has 1 saturated heterocycles. The maximum Gasteiger partial charge on any atom is 0.247 e. The van der Waals surface area contributed by atoms with Crippen molar-refractivity contribution < 1.29 is 14.4 Å². The number of nitrogens with zero attached hydrogens (tertiary/aromatic N) is 4. The third-order valence-corrected chi connectivity index (χ3v) is 7.68. The molecule has 3 atom stereocenters. The number of carbonyl (C=O) groups excluding carboxylic acids is 3. The fourth-order valence-corrected chi connectivity index (χ4v) is 6.09. The lowest BCUT2D eigenvalue weighted by Crippen LogP contribution is -2.67. The highest BCUT2D eigenvalue weighted by Gasteiger charge is 2.50. The van der Waals surface area contributed by atoms with Gasteiger partial charge in [-0.15, -0.1) is 5.10 Å². The third-order valence-electron chi connectivity index (χ3n) is 7.68. The van der Waals surface area contributed by atoms with E-state index in [0.29, 0.717) is 35.9 Å². The summed E-state index contributed by atoms with van der Waals surface area (Å²) in [4.78, 5) is 44.0. The Morgan fingerprint density at radius 3 is 2.36 bits per heavy atom. The number of nitrogens with one attached hydrogen (secondary N) is 2. The van der Waals surface area contributed by atoms with Gasteiger partial charge in [0.1, 0.15) is 23.6 Å². The van der Waals surface area contributed by atoms with E-state index in [1.807, 2.05) is 65.0 Å². The van der Waals surface area contributed by atoms with Gasteiger partial charge in [-0.3, -0.25) is 14.4 Å². The lowest BCUT2D eigenvalue weighted by atomic mass is 9.87. The summed E-state index contributed by atoms with van der Waals surface area (Å²) in [5.74, 6) is -0.723. The smallest absolute Gasteiger partial charge is 0.247 e. The Labute approximate surface area is 229 Å². The second kappa shape index (κ2) is 10.1. The highest BCUT2D eigenvalue weighted by atomic mass is 16.2. The lowest BCUT2D eigenvalue weighted by Gasteiger charge is -2.45. The van der Waals surface area contributed by atoms with Crippen molar-refractivity contribution in [2.45, 2.75) is 77.5 Å². The van der Waals surface area contributed by atoms with Crippen molar-refractivity contribution in [1.82, 2.24) is 30.5 Å². The minimum absolute atomic E-state index is 0.0816. The highest BCUT2D eigenvalue weighted by molar-refractivity contribution is 6.01. The molecule has 0 saturated carbocycles. The SMILES string of the molecule is CC(C)CC1C(=O)NC(C2Cc3ccccc3C2)C(=O)N1C(C(=O)NC(C)(C)C)c1cccc2nnn(C)c12. The van der Waals surface area contributed by atoms with Crippen LogP contribution in [0.5, 0.6) is 0 Å². The summed E-state index contributed by atoms with van der Waals surface area (Å²) in [5.41, 5.74) is 3.75. The van der Waals surface area contributed by atoms with Crippen LogP contribution in [0.1, 0.15) is 63.8 Å². The summed E-state index contributed by atoms with van der Waals surface area (Å²) < 4.78 is 1.62. The van der Waals surface area contributed by atoms with Crippen molar-refractivity contribution in [2.24, 2.45) is 18.9 Å². The first-order valence-corrected chi connectivity index (χ1v) is 13.7. The quantitative estimate of drug-likeness (QED) is 0.509. The van der Waals surface area contributed by atoms with Crippen molar-refractivity contribution in [1.29, 1.82) is 0 Å². The van der Waals surface area contributed by atoms with Gasteiger partial charge in [0.15, 0.2) is 0 Å². The van der Waals surface area contributed by atoms with Crippen molar-refractivity contribution in [3.8, 4) is 0 Å². The van der Waals surface area contributed by atoms with E-state index < -0.39 is 23.7 Å². The predicted molar refractivity (Wildman–Crippen MR) is 149 cm³/mol. The number of benzene rings is 2. The minimum atomic E-state index is -1.03. The van der Waals surface area contributed by atoms with Gasteiger partial charge in [-0.1, -0.05) is 55.5 Å². The maximum atomic E-state index is 14.5. The molecule has 5 rings (SSSR count). The Hall–Kier alpha value is -3.75. The Bertz CT molecular complexity index is 1400. The fourth-order valence-electron chi connectivity index (χ4n) is 6.09. The molecule has 0 bridgehead atoms. The number of fused-ring (bicyclic) bond motifs is 2. The van der Waals surface area contributed by atoms with Crippen LogP contribution in [-0.2, 0) is 34.3 Å². The van der Waals surface area contributed by atoms with Crippen LogP contribution in [-0.4, -0.2) is 55.2 Å². The Balaban J connectivity index is 1.63. The number of hydrogen-bond donors (Lipinski definition) is 2. The van der Waals surface area contributed by atoms with Crippen LogP contribution in [0.15, 0.2) is 42.5 Å². The summed E-state index contributed by atoms with van der Waals surface area (Å²) in [5, 5.41) is 14.6. The van der Waals surface area contributed by atoms with Crippen LogP contribution in [0.3, 0.4) is 0 Å². The topological polar surface area (TPSA) is 109 Å². The lowest BCUT2D eigenvalue weighted by molar-refractivity contribution is -0.158. The molecule has 0 spiro atoms. The highest BCUT2D eigenvalue weighted by Crippen LogP contribution is 2.37. The van der Waals surface area contributed by atoms with E-state index in [1.165, 1.54) is 11.1 Å². The molecule has 3 amide bonds. The zero-order valence-electron chi connectivity index (χ0n) is 23.6. The van der Waals surface area contributed by atoms with E-state index in [-0.39, 0.29) is 29.6 Å². The molecule has 1 aliphatic heterocycles. The Morgan fingerprint density at radius 2 is 1.74 bits per heavy atom. The second-order valence-corrected chi connectivity index (χ2v) is 12.4. The molecule has 9 nitrogen and oxygen atoms in total. The van der Waals surface area contributed by atoms with Crippen LogP contribution >= 0.6 is 0 Å². The third kappa shape index (κ3) is 5.14. The van der Waals surface area contributed by atoms with Gasteiger partial charge in [0.2, 0.25) is 17.7 Å². The van der Waals surface area contributed by atoms with Crippen LogP contribution < -0.4 is 10.6 Å². The largest absolute Gasteiger partial charge is 0.349 e. The van der Waals surface area contributed by atoms with Gasteiger partial charge < -0.3 is 15.5 Å². The first-order valence-electron chi connectivity index (χ1n) is 13.7. The number of aromatic nitrogens is 3. The van der Waals surface area contributed by atoms with Crippen LogP contribution in [0, 0.1) is 11.8 Å². The monoisotopic (exact) mass is 530 g/mol. The molecule has 2 N–H and O–H groups in total. The summed E-state index contributed by atoms with van der Waals surface area (Å²) in [7, 11) is 1.77. The standard InChI is InChI=1S/C30H38N6O3/c1-17(2)14-23-27(37)31-24(20-15-18-10-7-8-11-19(18)16-20)29(39)36(23)26(28(38)32-30(3,4)5)21-12-9-13-22-25(21)35(6)34-33-22/h7-13,17,20,23-24,26H,14-16H2,1-6H3,(H,31,37)(H,32,38). The van der Waals surface area contributed by atoms with Gasteiger partial charge in [0, 0.05) is 18.2 Å². The maximum absolute atomic E-state index is 14.5. The molecular formula is C30H38N6O3. The van der Waals surface area contributed by atoms with Gasteiger partial charge in [-0.2, -0.15) is 0 Å². The molecule has 9 heteroatoms. The van der Waals surface area contributed by atoms with E-state index in [1.54, 1.807) is 16.6 Å². The zero-order chi connectivity index (χ0) is 28.1. The molecule has 3 aromatic rings. The van der Waals surface area contributed by atoms with E-state index in [9.17, 15) is 14.4 Å². The molecule has 1 aliphatic carbocycles. The summed E-state index contributed by atoms with van der Waals surface area (Å²) >= 11 is 0. The normalized spacial score (nSPS) is 20.8. The van der Waals surface area contributed by atoms with Crippen molar-refractivity contribution >= 4 is 28.8 Å². The average Bonchev–Trinajstić information content (AvgIpc) is 3.46. The number of piperazine rings is 1. The Kier molecular flexibility index (Phi) is 6.95. The zero-order valence-corrected chi connectivity index (χ0v) is 23.6. The van der Waals surface area contributed by atoms with Crippen molar-refractivity contribution in [3.63, 3.8) is 0 Å². The average molecular weight is 531 g/mol. The fraction of sp³-hybridized carbons (Fsp3) is 0.500. The molecule has 1 aromatic heterocycles. The van der Waals surface area contributed by atoms with E-state index in [4.69, 9.17) is 0 Å². The predicted octanol–water partition coefficient (Wildman–Crippen LogP) is 3.08. The minimum Gasteiger partial charge on any atom is -0.349 e. The molecule has 3 unspecified atom stereocenters.